The number of hydrogen-bond acceptors (Lipinski definition) is 7. The Balaban J connectivity index is 1.40. The van der Waals surface area contributed by atoms with Crippen molar-refractivity contribution in [1.29, 1.82) is 0 Å². The van der Waals surface area contributed by atoms with Gasteiger partial charge in [-0.05, 0) is 24.1 Å². The molecule has 12 heteroatoms. The van der Waals surface area contributed by atoms with E-state index >= 15 is 0 Å². The van der Waals surface area contributed by atoms with Crippen LogP contribution in [0.5, 0.6) is 5.88 Å². The van der Waals surface area contributed by atoms with Gasteiger partial charge in [-0.25, -0.2) is 18.4 Å². The predicted molar refractivity (Wildman–Crippen MR) is 109 cm³/mol. The van der Waals surface area contributed by atoms with Gasteiger partial charge in [0.1, 0.15) is 18.2 Å². The van der Waals surface area contributed by atoms with Gasteiger partial charge in [0.25, 0.3) is 0 Å². The maximum Gasteiger partial charge on any atom is 0.471 e. The van der Waals surface area contributed by atoms with Gasteiger partial charge in [0.05, 0.1) is 10.9 Å². The molecule has 0 aromatic carbocycles. The van der Waals surface area contributed by atoms with E-state index in [1.54, 1.807) is 18.2 Å². The second kappa shape index (κ2) is 8.23. The van der Waals surface area contributed by atoms with Crippen LogP contribution >= 0.6 is 0 Å². The molecule has 4 rings (SSSR count). The molecule has 32 heavy (non-hydrogen) atoms. The van der Waals surface area contributed by atoms with Crippen LogP contribution in [0, 0.1) is 0 Å². The Labute approximate surface area is 183 Å². The first-order valence-electron chi connectivity index (χ1n) is 9.95. The Morgan fingerprint density at radius 3 is 2.59 bits per heavy atom. The number of carbonyl (C=O) groups is 1. The average Bonchev–Trinajstić information content (AvgIpc) is 3.16. The molecule has 0 radical (unpaired) electrons. The van der Waals surface area contributed by atoms with E-state index in [1.807, 2.05) is 17.2 Å². The van der Waals surface area contributed by atoms with Gasteiger partial charge in [-0.2, -0.15) is 13.2 Å². The summed E-state index contributed by atoms with van der Waals surface area (Å²) in [5.74, 6) is -0.990. The molecule has 3 heterocycles. The first kappa shape index (κ1) is 22.3. The lowest BCUT2D eigenvalue weighted by Gasteiger charge is -2.32. The van der Waals surface area contributed by atoms with Gasteiger partial charge in [-0.15, -0.1) is 0 Å². The zero-order chi connectivity index (χ0) is 23.1. The number of anilines is 1. The number of aromatic nitrogens is 2. The van der Waals surface area contributed by atoms with Crippen LogP contribution in [0.2, 0.25) is 0 Å². The lowest BCUT2D eigenvalue weighted by molar-refractivity contribution is -0.187. The van der Waals surface area contributed by atoms with Crippen LogP contribution < -0.4 is 9.64 Å². The summed E-state index contributed by atoms with van der Waals surface area (Å²) < 4.78 is 67.2. The third kappa shape index (κ3) is 4.64. The summed E-state index contributed by atoms with van der Waals surface area (Å²) in [5.41, 5.74) is 0.857. The van der Waals surface area contributed by atoms with Gasteiger partial charge in [0.15, 0.2) is 9.84 Å². The van der Waals surface area contributed by atoms with Crippen molar-refractivity contribution < 1.29 is 31.1 Å². The fraction of sp³-hybridized carbons (Fsp3) is 0.450. The number of rotatable bonds is 4. The van der Waals surface area contributed by atoms with Gasteiger partial charge < -0.3 is 14.5 Å². The minimum Gasteiger partial charge on any atom is -0.474 e. The van der Waals surface area contributed by atoms with Gasteiger partial charge >= 0.3 is 12.1 Å². The number of amides is 1. The number of sulfone groups is 1. The second-order valence-corrected chi connectivity index (χ2v) is 9.83. The molecule has 1 amide bonds. The molecule has 0 bridgehead atoms. The number of ether oxygens (including phenoxy) is 1. The summed E-state index contributed by atoms with van der Waals surface area (Å²) in [6, 6.07) is 1.54. The third-order valence-electron chi connectivity index (χ3n) is 5.58. The molecule has 1 aromatic rings. The Morgan fingerprint density at radius 2 is 1.94 bits per heavy atom. The van der Waals surface area contributed by atoms with Crippen molar-refractivity contribution in [3.05, 3.63) is 47.3 Å². The fourth-order valence-electron chi connectivity index (χ4n) is 3.94. The van der Waals surface area contributed by atoms with Crippen molar-refractivity contribution in [3.8, 4) is 5.88 Å². The maximum atomic E-state index is 12.6. The minimum absolute atomic E-state index is 0.0406. The number of alkyl halides is 3. The summed E-state index contributed by atoms with van der Waals surface area (Å²) in [6.45, 7) is -0.0813. The van der Waals surface area contributed by atoms with Crippen molar-refractivity contribution in [2.45, 2.75) is 37.6 Å². The van der Waals surface area contributed by atoms with Gasteiger partial charge in [0, 0.05) is 44.5 Å². The van der Waals surface area contributed by atoms with Gasteiger partial charge in [-0.3, -0.25) is 4.79 Å². The average molecular weight is 470 g/mol. The quantitative estimate of drug-likeness (QED) is 0.667. The number of allylic oxidation sites excluding steroid dienone is 1. The maximum absolute atomic E-state index is 12.6. The summed E-state index contributed by atoms with van der Waals surface area (Å²) in [5, 5.41) is 0. The van der Waals surface area contributed by atoms with Crippen molar-refractivity contribution in [2.24, 2.45) is 0 Å². The van der Waals surface area contributed by atoms with Gasteiger partial charge in [-0.1, -0.05) is 6.08 Å². The molecule has 1 fully saturated rings. The lowest BCUT2D eigenvalue weighted by Crippen LogP contribution is -2.47. The van der Waals surface area contributed by atoms with Crippen molar-refractivity contribution in [2.75, 3.05) is 24.2 Å². The SMILES string of the molecule is CS(=O)(=O)C1=CCC2C(=C1)C=CN2c1cc(OC2CCN(C(=O)C(F)(F)F)CC2)ncn1. The van der Waals surface area contributed by atoms with Crippen LogP contribution in [-0.2, 0) is 14.6 Å². The molecule has 1 saturated heterocycles. The molecule has 1 aliphatic carbocycles. The first-order chi connectivity index (χ1) is 15.0. The number of nitrogens with zero attached hydrogens (tertiary/aromatic N) is 4. The fourth-order valence-corrected chi connectivity index (χ4v) is 4.69. The van der Waals surface area contributed by atoms with Crippen LogP contribution in [0.1, 0.15) is 19.3 Å². The van der Waals surface area contributed by atoms with Crippen molar-refractivity contribution in [1.82, 2.24) is 14.9 Å². The molecular weight excluding hydrogens is 449 g/mol. The molecule has 2 aliphatic heterocycles. The molecule has 1 unspecified atom stereocenters. The number of carbonyl (C=O) groups excluding carboxylic acids is 1. The van der Waals surface area contributed by atoms with E-state index in [0.29, 0.717) is 12.2 Å². The Bertz CT molecular complexity index is 1110. The number of likely N-dealkylation sites (tertiary alicyclic amines) is 1. The van der Waals surface area contributed by atoms with Crippen LogP contribution in [0.3, 0.4) is 0 Å². The summed E-state index contributed by atoms with van der Waals surface area (Å²) in [4.78, 5) is 22.7. The van der Waals surface area contributed by atoms with Crippen LogP contribution in [0.4, 0.5) is 19.0 Å². The topological polar surface area (TPSA) is 92.7 Å². The molecule has 0 spiro atoms. The summed E-state index contributed by atoms with van der Waals surface area (Å²) in [6.07, 6.45) is 5.25. The predicted octanol–water partition coefficient (Wildman–Crippen LogP) is 2.37. The normalized spacial score (nSPS) is 21.8. The van der Waals surface area contributed by atoms with E-state index in [2.05, 4.69) is 9.97 Å². The molecule has 0 saturated carbocycles. The molecule has 3 aliphatic rings. The van der Waals surface area contributed by atoms with E-state index in [0.717, 1.165) is 10.5 Å². The summed E-state index contributed by atoms with van der Waals surface area (Å²) in [7, 11) is -3.29. The van der Waals surface area contributed by atoms with E-state index in [4.69, 9.17) is 4.74 Å². The van der Waals surface area contributed by atoms with Crippen molar-refractivity contribution >= 4 is 21.6 Å². The Morgan fingerprint density at radius 1 is 1.22 bits per heavy atom. The van der Waals surface area contributed by atoms with E-state index < -0.39 is 21.9 Å². The minimum atomic E-state index is -4.87. The second-order valence-electron chi connectivity index (χ2n) is 7.82. The first-order valence-corrected chi connectivity index (χ1v) is 11.8. The molecule has 1 atom stereocenters. The zero-order valence-corrected chi connectivity index (χ0v) is 17.9. The smallest absolute Gasteiger partial charge is 0.471 e. The zero-order valence-electron chi connectivity index (χ0n) is 17.1. The van der Waals surface area contributed by atoms with Crippen LogP contribution in [-0.4, -0.2) is 66.9 Å². The number of hydrogen-bond donors (Lipinski definition) is 0. The van der Waals surface area contributed by atoms with Crippen molar-refractivity contribution in [3.63, 3.8) is 0 Å². The monoisotopic (exact) mass is 470 g/mol. The van der Waals surface area contributed by atoms with Crippen LogP contribution in [0.25, 0.3) is 0 Å². The summed E-state index contributed by atoms with van der Waals surface area (Å²) >= 11 is 0. The van der Waals surface area contributed by atoms with E-state index in [9.17, 15) is 26.4 Å². The lowest BCUT2D eigenvalue weighted by atomic mass is 10.0. The number of fused-ring (bicyclic) bond motifs is 1. The molecule has 172 valence electrons. The number of halogens is 3. The third-order valence-corrected chi connectivity index (χ3v) is 6.72. The Kier molecular flexibility index (Phi) is 5.74. The highest BCUT2D eigenvalue weighted by Gasteiger charge is 2.43. The highest BCUT2D eigenvalue weighted by molar-refractivity contribution is 7.94. The largest absolute Gasteiger partial charge is 0.474 e. The molecule has 0 N–H and O–H groups in total. The Hall–Kier alpha value is -2.89. The standard InChI is InChI=1S/C20H21F3N4O4S/c1-32(29,30)15-2-3-16-13(10-15)4-9-27(16)17-11-18(25-12-24-17)31-14-5-7-26(8-6-14)19(28)20(21,22)23/h2,4,9-12,14,16H,3,5-8H2,1H3. The van der Waals surface area contributed by atoms with Gasteiger partial charge in [0.2, 0.25) is 5.88 Å². The van der Waals surface area contributed by atoms with E-state index in [-0.39, 0.29) is 48.9 Å². The highest BCUT2D eigenvalue weighted by Crippen LogP contribution is 2.34. The van der Waals surface area contributed by atoms with E-state index in [1.165, 1.54) is 12.6 Å². The molecule has 1 aromatic heterocycles. The number of piperidine rings is 1. The molecule has 8 nitrogen and oxygen atoms in total. The highest BCUT2D eigenvalue weighted by atomic mass is 32.2. The molecular formula is C20H21F3N4O4S. The van der Waals surface area contributed by atoms with Crippen LogP contribution in [0.15, 0.2) is 47.3 Å².